The number of urea groups is 1. The highest BCUT2D eigenvalue weighted by molar-refractivity contribution is 5.97. The average molecular weight is 454 g/mol. The van der Waals surface area contributed by atoms with E-state index >= 15 is 0 Å². The van der Waals surface area contributed by atoms with Crippen LogP contribution >= 0.6 is 0 Å². The van der Waals surface area contributed by atoms with Crippen LogP contribution in [0, 0.1) is 18.3 Å². The number of hydrogen-bond donors (Lipinski definition) is 2. The van der Waals surface area contributed by atoms with Crippen molar-refractivity contribution < 1.29 is 9.59 Å². The highest BCUT2D eigenvalue weighted by Gasteiger charge is 2.25. The molecule has 7 nitrogen and oxygen atoms in total. The summed E-state index contributed by atoms with van der Waals surface area (Å²) in [6, 6.07) is 20.5. The number of amides is 3. The van der Waals surface area contributed by atoms with Crippen LogP contribution in [-0.4, -0.2) is 34.9 Å². The van der Waals surface area contributed by atoms with Gasteiger partial charge in [0.05, 0.1) is 23.9 Å². The number of rotatable bonds is 5. The van der Waals surface area contributed by atoms with Crippen molar-refractivity contribution in [3.8, 4) is 6.07 Å². The minimum atomic E-state index is -0.346. The van der Waals surface area contributed by atoms with Crippen molar-refractivity contribution in [2.24, 2.45) is 0 Å². The number of nitrogens with zero attached hydrogens (tertiary/aromatic N) is 3. The molecule has 0 saturated carbocycles. The van der Waals surface area contributed by atoms with Gasteiger partial charge in [-0.2, -0.15) is 5.26 Å². The van der Waals surface area contributed by atoms with Crippen LogP contribution in [0.15, 0.2) is 66.9 Å². The normalized spacial score (nSPS) is 13.7. The van der Waals surface area contributed by atoms with Gasteiger partial charge in [0.2, 0.25) is 0 Å². The first-order valence-electron chi connectivity index (χ1n) is 11.4. The average Bonchev–Trinajstić information content (AvgIpc) is 2.89. The lowest BCUT2D eigenvalue weighted by molar-refractivity contribution is 0.0713. The topological polar surface area (TPSA) is 98.1 Å². The molecule has 1 aromatic heterocycles. The Kier molecular flexibility index (Phi) is 7.19. The molecule has 0 aliphatic carbocycles. The van der Waals surface area contributed by atoms with Gasteiger partial charge in [-0.05, 0) is 73.2 Å². The van der Waals surface area contributed by atoms with E-state index in [-0.39, 0.29) is 11.9 Å². The highest BCUT2D eigenvalue weighted by atomic mass is 16.2. The first-order chi connectivity index (χ1) is 16.5. The number of nitriles is 1. The molecule has 1 fully saturated rings. The van der Waals surface area contributed by atoms with Gasteiger partial charge < -0.3 is 15.5 Å². The number of nitrogens with one attached hydrogen (secondary N) is 2. The summed E-state index contributed by atoms with van der Waals surface area (Å²) in [6.07, 6.45) is 3.44. The third-order valence-corrected chi connectivity index (χ3v) is 6.18. The number of anilines is 1. The Morgan fingerprint density at radius 2 is 1.85 bits per heavy atom. The van der Waals surface area contributed by atoms with Gasteiger partial charge in [0.25, 0.3) is 5.91 Å². The Balaban J connectivity index is 1.35. The van der Waals surface area contributed by atoms with E-state index in [1.165, 1.54) is 5.56 Å². The predicted octanol–water partition coefficient (Wildman–Crippen LogP) is 4.60. The van der Waals surface area contributed by atoms with Crippen LogP contribution in [-0.2, 0) is 6.54 Å². The Morgan fingerprint density at radius 1 is 1.09 bits per heavy atom. The first-order valence-corrected chi connectivity index (χ1v) is 11.4. The molecule has 34 heavy (non-hydrogen) atoms. The van der Waals surface area contributed by atoms with Crippen LogP contribution < -0.4 is 10.6 Å². The van der Waals surface area contributed by atoms with Gasteiger partial charge in [-0.25, -0.2) is 4.79 Å². The number of carbonyl (C=O) groups excluding carboxylic acids is 2. The van der Waals surface area contributed by atoms with E-state index in [1.54, 1.807) is 18.3 Å². The van der Waals surface area contributed by atoms with Gasteiger partial charge in [-0.15, -0.1) is 0 Å². The standard InChI is InChI=1S/C27H27N5O2/c1-19-5-8-23(16-25(19)31-27(34)30-18-24-4-2-3-13-29-24)26(33)32-14-11-22(12-15-32)21-9-6-20(17-28)7-10-21/h2-10,13,16,22H,11-12,14-15,18H2,1H3,(H2,30,31,34). The van der Waals surface area contributed by atoms with Crippen molar-refractivity contribution in [1.82, 2.24) is 15.2 Å². The summed E-state index contributed by atoms with van der Waals surface area (Å²) in [7, 11) is 0. The SMILES string of the molecule is Cc1ccc(C(=O)N2CCC(c3ccc(C#N)cc3)CC2)cc1NC(=O)NCc1ccccn1. The molecule has 172 valence electrons. The summed E-state index contributed by atoms with van der Waals surface area (Å²) in [4.78, 5) is 31.6. The maximum absolute atomic E-state index is 13.1. The molecule has 2 heterocycles. The molecular formula is C27H27N5O2. The molecule has 1 aliphatic rings. The molecule has 0 radical (unpaired) electrons. The summed E-state index contributed by atoms with van der Waals surface area (Å²) in [6.45, 7) is 3.56. The van der Waals surface area contributed by atoms with Crippen LogP contribution in [0.25, 0.3) is 0 Å². The molecule has 0 bridgehead atoms. The zero-order chi connectivity index (χ0) is 23.9. The van der Waals surface area contributed by atoms with Gasteiger partial charge >= 0.3 is 6.03 Å². The Hall–Kier alpha value is -4.18. The largest absolute Gasteiger partial charge is 0.339 e. The monoisotopic (exact) mass is 453 g/mol. The summed E-state index contributed by atoms with van der Waals surface area (Å²) in [5, 5.41) is 14.6. The van der Waals surface area contributed by atoms with Gasteiger partial charge in [0.1, 0.15) is 0 Å². The fraction of sp³-hybridized carbons (Fsp3) is 0.259. The lowest BCUT2D eigenvalue weighted by atomic mass is 9.89. The number of piperidine rings is 1. The fourth-order valence-electron chi connectivity index (χ4n) is 4.16. The van der Waals surface area contributed by atoms with Crippen molar-refractivity contribution in [3.63, 3.8) is 0 Å². The van der Waals surface area contributed by atoms with Gasteiger partial charge in [0.15, 0.2) is 0 Å². The number of carbonyl (C=O) groups is 2. The van der Waals surface area contributed by atoms with E-state index in [4.69, 9.17) is 5.26 Å². The van der Waals surface area contributed by atoms with Crippen LogP contribution in [0.2, 0.25) is 0 Å². The third kappa shape index (κ3) is 5.59. The molecule has 7 heteroatoms. The fourth-order valence-corrected chi connectivity index (χ4v) is 4.16. The Morgan fingerprint density at radius 3 is 2.53 bits per heavy atom. The molecule has 3 aromatic rings. The highest BCUT2D eigenvalue weighted by Crippen LogP contribution is 2.29. The van der Waals surface area contributed by atoms with Crippen LogP contribution in [0.3, 0.4) is 0 Å². The van der Waals surface area contributed by atoms with E-state index in [0.29, 0.717) is 42.4 Å². The predicted molar refractivity (Wildman–Crippen MR) is 130 cm³/mol. The number of benzene rings is 2. The molecule has 1 saturated heterocycles. The smallest absolute Gasteiger partial charge is 0.319 e. The number of likely N-dealkylation sites (tertiary alicyclic amines) is 1. The maximum atomic E-state index is 13.1. The minimum Gasteiger partial charge on any atom is -0.339 e. The number of pyridine rings is 1. The Labute approximate surface area is 199 Å². The summed E-state index contributed by atoms with van der Waals surface area (Å²) < 4.78 is 0. The van der Waals surface area contributed by atoms with E-state index < -0.39 is 0 Å². The van der Waals surface area contributed by atoms with Gasteiger partial charge in [-0.1, -0.05) is 24.3 Å². The number of aromatic nitrogens is 1. The third-order valence-electron chi connectivity index (χ3n) is 6.18. The lowest BCUT2D eigenvalue weighted by Gasteiger charge is -2.32. The van der Waals surface area contributed by atoms with Crippen LogP contribution in [0.4, 0.5) is 10.5 Å². The summed E-state index contributed by atoms with van der Waals surface area (Å²) >= 11 is 0. The molecule has 2 aromatic carbocycles. The molecule has 0 spiro atoms. The second-order valence-corrected chi connectivity index (χ2v) is 8.46. The summed E-state index contributed by atoms with van der Waals surface area (Å²) in [5.41, 5.74) is 4.68. The van der Waals surface area contributed by atoms with Crippen molar-refractivity contribution in [2.75, 3.05) is 18.4 Å². The Bertz CT molecular complexity index is 1190. The van der Waals surface area contributed by atoms with Crippen molar-refractivity contribution in [3.05, 3.63) is 94.8 Å². The van der Waals surface area contributed by atoms with E-state index in [1.807, 2.05) is 60.4 Å². The molecule has 0 unspecified atom stereocenters. The lowest BCUT2D eigenvalue weighted by Crippen LogP contribution is -2.38. The number of hydrogen-bond acceptors (Lipinski definition) is 4. The van der Waals surface area contributed by atoms with Crippen LogP contribution in [0.1, 0.15) is 51.5 Å². The second kappa shape index (κ2) is 10.6. The van der Waals surface area contributed by atoms with Crippen molar-refractivity contribution in [2.45, 2.75) is 32.2 Å². The quantitative estimate of drug-likeness (QED) is 0.590. The molecule has 2 N–H and O–H groups in total. The zero-order valence-corrected chi connectivity index (χ0v) is 19.1. The van der Waals surface area contributed by atoms with Gasteiger partial charge in [0, 0.05) is 30.5 Å². The molecule has 4 rings (SSSR count). The minimum absolute atomic E-state index is 0.0322. The maximum Gasteiger partial charge on any atom is 0.319 e. The van der Waals surface area contributed by atoms with Gasteiger partial charge in [-0.3, -0.25) is 9.78 Å². The first kappa shape index (κ1) is 23.0. The second-order valence-electron chi connectivity index (χ2n) is 8.46. The van der Waals surface area contributed by atoms with E-state index in [9.17, 15) is 9.59 Å². The van der Waals surface area contributed by atoms with E-state index in [0.717, 1.165) is 24.1 Å². The molecule has 0 atom stereocenters. The number of aryl methyl sites for hydroxylation is 1. The van der Waals surface area contributed by atoms with Crippen LogP contribution in [0.5, 0.6) is 0 Å². The van der Waals surface area contributed by atoms with Crippen molar-refractivity contribution in [1.29, 1.82) is 5.26 Å². The molecule has 3 amide bonds. The van der Waals surface area contributed by atoms with Crippen molar-refractivity contribution >= 4 is 17.6 Å². The zero-order valence-electron chi connectivity index (χ0n) is 19.1. The van der Waals surface area contributed by atoms with E-state index in [2.05, 4.69) is 21.7 Å². The molecule has 1 aliphatic heterocycles. The summed E-state index contributed by atoms with van der Waals surface area (Å²) in [5.74, 6) is 0.352. The molecular weight excluding hydrogens is 426 g/mol.